The average Bonchev–Trinajstić information content (AvgIpc) is 3.06. The van der Waals surface area contributed by atoms with E-state index in [0.29, 0.717) is 10.5 Å². The SMILES string of the molecule is CC(C)(C)OC(=O)NC(CCSCCC(n1nccn1)C(F)(F)F)C(=O)OC(C)(C)C. The van der Waals surface area contributed by atoms with Crippen LogP contribution in [0, 0.1) is 0 Å². The summed E-state index contributed by atoms with van der Waals surface area (Å²) in [6, 6.07) is -2.80. The van der Waals surface area contributed by atoms with Crippen LogP contribution < -0.4 is 5.32 Å². The number of alkyl carbamates (subject to hydrolysis) is 1. The number of thioether (sulfide) groups is 1. The van der Waals surface area contributed by atoms with Crippen molar-refractivity contribution in [2.45, 2.75) is 83.8 Å². The van der Waals surface area contributed by atoms with E-state index in [-0.39, 0.29) is 18.6 Å². The molecule has 0 saturated heterocycles. The van der Waals surface area contributed by atoms with Crippen molar-refractivity contribution in [1.82, 2.24) is 20.3 Å². The van der Waals surface area contributed by atoms with E-state index in [2.05, 4.69) is 15.5 Å². The Morgan fingerprint density at radius 1 is 0.968 bits per heavy atom. The number of hydrogen-bond donors (Lipinski definition) is 1. The second-order valence-corrected chi connectivity index (χ2v) is 10.1. The summed E-state index contributed by atoms with van der Waals surface area (Å²) >= 11 is 1.23. The topological polar surface area (TPSA) is 95.3 Å². The quantitative estimate of drug-likeness (QED) is 0.430. The molecule has 1 rings (SSSR count). The van der Waals surface area contributed by atoms with E-state index in [4.69, 9.17) is 9.47 Å². The van der Waals surface area contributed by atoms with Crippen LogP contribution in [0.15, 0.2) is 12.4 Å². The summed E-state index contributed by atoms with van der Waals surface area (Å²) in [5, 5.41) is 9.65. The monoisotopic (exact) mass is 468 g/mol. The van der Waals surface area contributed by atoms with E-state index >= 15 is 0 Å². The molecule has 0 aliphatic heterocycles. The predicted molar refractivity (Wildman–Crippen MR) is 111 cm³/mol. The van der Waals surface area contributed by atoms with E-state index in [1.807, 2.05) is 0 Å². The van der Waals surface area contributed by atoms with Gasteiger partial charge < -0.3 is 14.8 Å². The van der Waals surface area contributed by atoms with Gasteiger partial charge in [-0.2, -0.15) is 39.9 Å². The van der Waals surface area contributed by atoms with Gasteiger partial charge in [-0.3, -0.25) is 0 Å². The zero-order valence-corrected chi connectivity index (χ0v) is 19.5. The Kier molecular flexibility index (Phi) is 9.65. The van der Waals surface area contributed by atoms with Crippen molar-refractivity contribution >= 4 is 23.8 Å². The molecule has 178 valence electrons. The molecule has 1 amide bonds. The molecule has 0 radical (unpaired) electrons. The Hall–Kier alpha value is -1.98. The van der Waals surface area contributed by atoms with Crippen molar-refractivity contribution in [3.8, 4) is 0 Å². The minimum atomic E-state index is -4.48. The van der Waals surface area contributed by atoms with Crippen LogP contribution in [-0.4, -0.2) is 62.0 Å². The van der Waals surface area contributed by atoms with E-state index in [9.17, 15) is 22.8 Å². The van der Waals surface area contributed by atoms with Crippen molar-refractivity contribution in [1.29, 1.82) is 0 Å². The number of alkyl halides is 3. The third kappa shape index (κ3) is 11.3. The highest BCUT2D eigenvalue weighted by Crippen LogP contribution is 2.33. The number of carbonyl (C=O) groups is 2. The Morgan fingerprint density at radius 2 is 1.48 bits per heavy atom. The van der Waals surface area contributed by atoms with Crippen LogP contribution >= 0.6 is 11.8 Å². The van der Waals surface area contributed by atoms with Crippen LogP contribution in [0.3, 0.4) is 0 Å². The van der Waals surface area contributed by atoms with E-state index < -0.39 is 41.5 Å². The first-order valence-electron chi connectivity index (χ1n) is 9.81. The van der Waals surface area contributed by atoms with Crippen LogP contribution in [0.4, 0.5) is 18.0 Å². The smallest absolute Gasteiger partial charge is 0.412 e. The molecule has 12 heteroatoms. The second-order valence-electron chi connectivity index (χ2n) is 8.83. The highest BCUT2D eigenvalue weighted by molar-refractivity contribution is 7.99. The van der Waals surface area contributed by atoms with Crippen molar-refractivity contribution in [3.63, 3.8) is 0 Å². The van der Waals surface area contributed by atoms with Crippen LogP contribution in [0.25, 0.3) is 0 Å². The molecule has 8 nitrogen and oxygen atoms in total. The minimum absolute atomic E-state index is 0.166. The number of amides is 1. The fraction of sp³-hybridized carbons (Fsp3) is 0.789. The number of rotatable bonds is 9. The normalized spacial score (nSPS) is 14.6. The minimum Gasteiger partial charge on any atom is -0.458 e. The van der Waals surface area contributed by atoms with Crippen molar-refractivity contribution in [2.24, 2.45) is 0 Å². The molecule has 1 aromatic heterocycles. The molecule has 0 bridgehead atoms. The lowest BCUT2D eigenvalue weighted by molar-refractivity contribution is -0.173. The number of nitrogens with zero attached hydrogens (tertiary/aromatic N) is 3. The summed E-state index contributed by atoms with van der Waals surface area (Å²) in [7, 11) is 0. The summed E-state index contributed by atoms with van der Waals surface area (Å²) in [5.41, 5.74) is -1.50. The fourth-order valence-corrected chi connectivity index (χ4v) is 3.36. The third-order valence-electron chi connectivity index (χ3n) is 3.56. The van der Waals surface area contributed by atoms with Crippen molar-refractivity contribution < 1.29 is 32.2 Å². The van der Waals surface area contributed by atoms with Crippen LogP contribution in [0.5, 0.6) is 0 Å². The molecule has 0 saturated carbocycles. The van der Waals surface area contributed by atoms with Crippen molar-refractivity contribution in [2.75, 3.05) is 11.5 Å². The summed E-state index contributed by atoms with van der Waals surface area (Å²) in [5.74, 6) is -0.136. The molecule has 0 fully saturated rings. The molecular formula is C19H31F3N4O4S. The van der Waals surface area contributed by atoms with Gasteiger partial charge in [-0.05, 0) is 65.9 Å². The maximum atomic E-state index is 13.2. The first-order chi connectivity index (χ1) is 14.1. The lowest BCUT2D eigenvalue weighted by atomic mass is 10.1. The van der Waals surface area contributed by atoms with Gasteiger partial charge in [-0.1, -0.05) is 0 Å². The van der Waals surface area contributed by atoms with Crippen LogP contribution in [0.1, 0.15) is 60.4 Å². The molecular weight excluding hydrogens is 437 g/mol. The van der Waals surface area contributed by atoms with Crippen LogP contribution in [0.2, 0.25) is 0 Å². The molecule has 1 heterocycles. The number of hydrogen-bond acceptors (Lipinski definition) is 7. The zero-order chi connectivity index (χ0) is 23.9. The molecule has 0 aliphatic rings. The largest absolute Gasteiger partial charge is 0.458 e. The number of ether oxygens (including phenoxy) is 2. The number of aromatic nitrogens is 3. The summed E-state index contributed by atoms with van der Waals surface area (Å²) in [4.78, 5) is 25.2. The van der Waals surface area contributed by atoms with Gasteiger partial charge in [0.2, 0.25) is 0 Å². The van der Waals surface area contributed by atoms with Gasteiger partial charge in [0.1, 0.15) is 17.2 Å². The molecule has 2 atom stereocenters. The summed E-state index contributed by atoms with van der Waals surface area (Å²) in [6.07, 6.45) is -2.90. The summed E-state index contributed by atoms with van der Waals surface area (Å²) in [6.45, 7) is 10.2. The highest BCUT2D eigenvalue weighted by atomic mass is 32.2. The predicted octanol–water partition coefficient (Wildman–Crippen LogP) is 4.13. The van der Waals surface area contributed by atoms with Gasteiger partial charge in [-0.15, -0.1) is 0 Å². The van der Waals surface area contributed by atoms with Gasteiger partial charge in [-0.25, -0.2) is 9.59 Å². The van der Waals surface area contributed by atoms with E-state index in [1.165, 1.54) is 24.2 Å². The molecule has 31 heavy (non-hydrogen) atoms. The van der Waals surface area contributed by atoms with Gasteiger partial charge in [0, 0.05) is 0 Å². The molecule has 0 spiro atoms. The third-order valence-corrected chi connectivity index (χ3v) is 4.61. The van der Waals surface area contributed by atoms with Gasteiger partial charge in [0.25, 0.3) is 0 Å². The zero-order valence-electron chi connectivity index (χ0n) is 18.7. The molecule has 0 aliphatic carbocycles. The maximum absolute atomic E-state index is 13.2. The first-order valence-corrected chi connectivity index (χ1v) is 11.0. The number of halogens is 3. The lowest BCUT2D eigenvalue weighted by Gasteiger charge is -2.26. The van der Waals surface area contributed by atoms with Crippen LogP contribution in [-0.2, 0) is 14.3 Å². The molecule has 1 aromatic rings. The number of carbonyl (C=O) groups excluding carboxylic acids is 2. The Bertz CT molecular complexity index is 700. The molecule has 0 aromatic carbocycles. The molecule has 2 unspecified atom stereocenters. The van der Waals surface area contributed by atoms with Crippen molar-refractivity contribution in [3.05, 3.63) is 12.4 Å². The fourth-order valence-electron chi connectivity index (χ4n) is 2.37. The molecule has 1 N–H and O–H groups in total. The Labute approximate surface area is 184 Å². The Balaban J connectivity index is 2.62. The Morgan fingerprint density at radius 3 is 1.97 bits per heavy atom. The van der Waals surface area contributed by atoms with Gasteiger partial charge >= 0.3 is 18.2 Å². The average molecular weight is 469 g/mol. The first kappa shape index (κ1) is 27.1. The maximum Gasteiger partial charge on any atom is 0.412 e. The summed E-state index contributed by atoms with van der Waals surface area (Å²) < 4.78 is 50.2. The van der Waals surface area contributed by atoms with E-state index in [1.54, 1.807) is 41.5 Å². The van der Waals surface area contributed by atoms with Gasteiger partial charge in [0.15, 0.2) is 6.04 Å². The standard InChI is InChI=1S/C19H31F3N4O4S/c1-17(2,3)29-15(27)13(25-16(28)30-18(4,5)6)7-11-31-12-8-14(19(20,21)22)26-23-9-10-24-26/h9-10,13-14H,7-8,11-12H2,1-6H3,(H,25,28). The van der Waals surface area contributed by atoms with E-state index in [0.717, 1.165) is 0 Å². The highest BCUT2D eigenvalue weighted by Gasteiger charge is 2.42. The van der Waals surface area contributed by atoms with Gasteiger partial charge in [0.05, 0.1) is 12.4 Å². The number of nitrogens with one attached hydrogen (secondary N) is 1. The second kappa shape index (κ2) is 11.1. The lowest BCUT2D eigenvalue weighted by Crippen LogP contribution is -2.46. The number of esters is 1.